The van der Waals surface area contributed by atoms with Crippen LogP contribution in [0.5, 0.6) is 0 Å². The number of piperidine rings is 1. The monoisotopic (exact) mass is 307 g/mol. The van der Waals surface area contributed by atoms with E-state index in [4.69, 9.17) is 4.74 Å². The first-order valence-corrected chi connectivity index (χ1v) is 8.98. The average Bonchev–Trinajstić information content (AvgIpc) is 3.24. The molecule has 5 nitrogen and oxygen atoms in total. The van der Waals surface area contributed by atoms with Crippen LogP contribution in [0.4, 0.5) is 4.79 Å². The predicted octanol–water partition coefficient (Wildman–Crippen LogP) is 1.73. The number of nitrogens with one attached hydrogen (secondary N) is 2. The van der Waals surface area contributed by atoms with Crippen LogP contribution in [-0.2, 0) is 4.74 Å². The van der Waals surface area contributed by atoms with E-state index < -0.39 is 0 Å². The molecule has 0 aromatic carbocycles. The number of likely N-dealkylation sites (tertiary alicyclic amines) is 1. The number of carbonyl (C=O) groups excluding carboxylic acids is 1. The highest BCUT2D eigenvalue weighted by Gasteiger charge is 2.59. The predicted molar refractivity (Wildman–Crippen MR) is 84.7 cm³/mol. The van der Waals surface area contributed by atoms with Crippen LogP contribution in [0.15, 0.2) is 0 Å². The first kappa shape index (κ1) is 14.8. The highest BCUT2D eigenvalue weighted by atomic mass is 16.5. The summed E-state index contributed by atoms with van der Waals surface area (Å²) >= 11 is 0. The van der Waals surface area contributed by atoms with Gasteiger partial charge in [-0.25, -0.2) is 4.79 Å². The third-order valence-electron chi connectivity index (χ3n) is 6.32. The average molecular weight is 307 g/mol. The van der Waals surface area contributed by atoms with E-state index in [0.29, 0.717) is 18.1 Å². The fourth-order valence-corrected chi connectivity index (χ4v) is 4.83. The number of rotatable bonds is 3. The summed E-state index contributed by atoms with van der Waals surface area (Å²) in [6, 6.07) is 1.47. The summed E-state index contributed by atoms with van der Waals surface area (Å²) in [6.45, 7) is 7.54. The van der Waals surface area contributed by atoms with Crippen molar-refractivity contribution in [1.82, 2.24) is 15.5 Å². The van der Waals surface area contributed by atoms with E-state index in [9.17, 15) is 4.79 Å². The Kier molecular flexibility index (Phi) is 3.61. The number of fused-ring (bicyclic) bond motifs is 1. The number of urea groups is 1. The van der Waals surface area contributed by atoms with E-state index in [1.165, 1.54) is 12.8 Å². The molecule has 3 unspecified atom stereocenters. The van der Waals surface area contributed by atoms with Crippen molar-refractivity contribution in [2.45, 2.75) is 70.2 Å². The van der Waals surface area contributed by atoms with Gasteiger partial charge in [-0.3, -0.25) is 0 Å². The van der Waals surface area contributed by atoms with Crippen molar-refractivity contribution < 1.29 is 9.53 Å². The zero-order valence-electron chi connectivity index (χ0n) is 13.8. The molecule has 5 heteroatoms. The fourth-order valence-electron chi connectivity index (χ4n) is 4.83. The smallest absolute Gasteiger partial charge is 0.315 e. The Morgan fingerprint density at radius 3 is 2.50 bits per heavy atom. The van der Waals surface area contributed by atoms with Crippen LogP contribution >= 0.6 is 0 Å². The summed E-state index contributed by atoms with van der Waals surface area (Å²) in [6.07, 6.45) is 6.35. The van der Waals surface area contributed by atoms with Gasteiger partial charge in [0, 0.05) is 49.2 Å². The maximum Gasteiger partial charge on any atom is 0.315 e. The topological polar surface area (TPSA) is 53.6 Å². The summed E-state index contributed by atoms with van der Waals surface area (Å²) in [4.78, 5) is 14.9. The molecule has 2 amide bonds. The summed E-state index contributed by atoms with van der Waals surface area (Å²) in [7, 11) is 0. The standard InChI is InChI=1S/C17H29N3O2/c1-17(2)14(13-7-10-22-15(13)17)19-16(21)18-11-5-8-20(9-6-11)12-3-4-12/h11-15H,3-10H2,1-2H3,(H2,18,19,21). The summed E-state index contributed by atoms with van der Waals surface area (Å²) < 4.78 is 5.79. The van der Waals surface area contributed by atoms with Gasteiger partial charge >= 0.3 is 6.03 Å². The normalized spacial score (nSPS) is 38.2. The quantitative estimate of drug-likeness (QED) is 0.835. The van der Waals surface area contributed by atoms with E-state index in [2.05, 4.69) is 29.4 Å². The summed E-state index contributed by atoms with van der Waals surface area (Å²) in [5, 5.41) is 6.43. The van der Waals surface area contributed by atoms with Gasteiger partial charge in [-0.2, -0.15) is 0 Å². The highest BCUT2D eigenvalue weighted by Crippen LogP contribution is 2.52. The molecule has 0 bridgehead atoms. The van der Waals surface area contributed by atoms with Crippen LogP contribution < -0.4 is 10.6 Å². The molecule has 124 valence electrons. The zero-order chi connectivity index (χ0) is 15.3. The highest BCUT2D eigenvalue weighted by molar-refractivity contribution is 5.75. The second-order valence-electron chi connectivity index (χ2n) is 8.20. The molecule has 2 N–H and O–H groups in total. The molecule has 4 aliphatic rings. The van der Waals surface area contributed by atoms with Crippen molar-refractivity contribution in [3.8, 4) is 0 Å². The Hall–Kier alpha value is -0.810. The Labute approximate surface area is 133 Å². The van der Waals surface area contributed by atoms with Crippen molar-refractivity contribution in [3.63, 3.8) is 0 Å². The van der Waals surface area contributed by atoms with Crippen molar-refractivity contribution in [3.05, 3.63) is 0 Å². The summed E-state index contributed by atoms with van der Waals surface area (Å²) in [5.74, 6) is 0.512. The molecule has 4 rings (SSSR count). The molecule has 2 saturated carbocycles. The van der Waals surface area contributed by atoms with E-state index in [1.54, 1.807) is 0 Å². The van der Waals surface area contributed by atoms with Gasteiger partial charge in [0.05, 0.1) is 6.10 Å². The molecular formula is C17H29N3O2. The van der Waals surface area contributed by atoms with Crippen molar-refractivity contribution >= 4 is 6.03 Å². The van der Waals surface area contributed by atoms with Crippen molar-refractivity contribution in [1.29, 1.82) is 0 Å². The molecular weight excluding hydrogens is 278 g/mol. The third kappa shape index (κ3) is 2.52. The van der Waals surface area contributed by atoms with Crippen molar-refractivity contribution in [2.24, 2.45) is 11.3 Å². The van der Waals surface area contributed by atoms with Crippen LogP contribution in [0, 0.1) is 11.3 Å². The molecule has 0 aromatic heterocycles. The van der Waals surface area contributed by atoms with E-state index in [0.717, 1.165) is 45.0 Å². The SMILES string of the molecule is CC1(C)C(NC(=O)NC2CCN(C3CC3)CC2)C2CCOC21. The van der Waals surface area contributed by atoms with Gasteiger partial charge < -0.3 is 20.3 Å². The van der Waals surface area contributed by atoms with Crippen LogP contribution in [0.1, 0.15) is 46.0 Å². The first-order valence-electron chi connectivity index (χ1n) is 8.98. The number of ether oxygens (including phenoxy) is 1. The van der Waals surface area contributed by atoms with Gasteiger partial charge in [0.25, 0.3) is 0 Å². The zero-order valence-corrected chi connectivity index (χ0v) is 13.8. The lowest BCUT2D eigenvalue weighted by Crippen LogP contribution is -2.68. The first-order chi connectivity index (χ1) is 10.6. The largest absolute Gasteiger partial charge is 0.377 e. The van der Waals surface area contributed by atoms with E-state index >= 15 is 0 Å². The van der Waals surface area contributed by atoms with Gasteiger partial charge in [-0.1, -0.05) is 13.8 Å². The van der Waals surface area contributed by atoms with Crippen LogP contribution in [0.3, 0.4) is 0 Å². The number of hydrogen-bond donors (Lipinski definition) is 2. The lowest BCUT2D eigenvalue weighted by Gasteiger charge is -2.54. The molecule has 2 heterocycles. The number of carbonyl (C=O) groups is 1. The number of hydrogen-bond acceptors (Lipinski definition) is 3. The van der Waals surface area contributed by atoms with Crippen LogP contribution in [0.2, 0.25) is 0 Å². The second kappa shape index (κ2) is 5.38. The molecule has 0 spiro atoms. The van der Waals surface area contributed by atoms with Crippen LogP contribution in [-0.4, -0.2) is 54.9 Å². The fraction of sp³-hybridized carbons (Fsp3) is 0.941. The molecule has 0 aromatic rings. The molecule has 3 atom stereocenters. The Morgan fingerprint density at radius 1 is 1.09 bits per heavy atom. The van der Waals surface area contributed by atoms with E-state index in [-0.39, 0.29) is 17.5 Å². The summed E-state index contributed by atoms with van der Waals surface area (Å²) in [5.41, 5.74) is 0.0633. The molecule has 0 radical (unpaired) electrons. The maximum atomic E-state index is 12.3. The second-order valence-corrected chi connectivity index (χ2v) is 8.20. The maximum absolute atomic E-state index is 12.3. The molecule has 22 heavy (non-hydrogen) atoms. The van der Waals surface area contributed by atoms with Gasteiger partial charge in [0.2, 0.25) is 0 Å². The Morgan fingerprint density at radius 2 is 1.82 bits per heavy atom. The van der Waals surface area contributed by atoms with Gasteiger partial charge in [0.15, 0.2) is 0 Å². The Bertz CT molecular complexity index is 441. The minimum absolute atomic E-state index is 0.0216. The van der Waals surface area contributed by atoms with E-state index in [1.807, 2.05) is 0 Å². The van der Waals surface area contributed by atoms with Crippen LogP contribution in [0.25, 0.3) is 0 Å². The molecule has 2 aliphatic carbocycles. The van der Waals surface area contributed by atoms with Crippen molar-refractivity contribution in [2.75, 3.05) is 19.7 Å². The number of nitrogens with zero attached hydrogens (tertiary/aromatic N) is 1. The van der Waals surface area contributed by atoms with Gasteiger partial charge in [-0.15, -0.1) is 0 Å². The lowest BCUT2D eigenvalue weighted by atomic mass is 9.57. The minimum atomic E-state index is 0.0216. The molecule has 4 fully saturated rings. The van der Waals surface area contributed by atoms with Gasteiger partial charge in [-0.05, 0) is 32.1 Å². The lowest BCUT2D eigenvalue weighted by molar-refractivity contribution is -0.108. The third-order valence-corrected chi connectivity index (χ3v) is 6.32. The van der Waals surface area contributed by atoms with Gasteiger partial charge in [0.1, 0.15) is 0 Å². The molecule has 2 saturated heterocycles. The Balaban J connectivity index is 1.25. The molecule has 2 aliphatic heterocycles. The number of amides is 2. The minimum Gasteiger partial charge on any atom is -0.377 e.